The zero-order chi connectivity index (χ0) is 27.6. The lowest BCUT2D eigenvalue weighted by atomic mass is 9.45. The SMILES string of the molecule is CCCC[C@@H]1C=C(C)[C@]2(CO[Si](C)(C)C(C)(C)C)[C@H]3C=C[C@](C)(O3)[C@]2(CO[Si](C)(C)C(C)(C)C)[C@@H]1O. The van der Waals surface area contributed by atoms with Crippen molar-refractivity contribution in [1.29, 1.82) is 0 Å². The largest absolute Gasteiger partial charge is 0.416 e. The average molecular weight is 537 g/mol. The van der Waals surface area contributed by atoms with Crippen LogP contribution >= 0.6 is 0 Å². The van der Waals surface area contributed by atoms with Gasteiger partial charge in [0.25, 0.3) is 0 Å². The minimum absolute atomic E-state index is 0.0886. The lowest BCUT2D eigenvalue weighted by molar-refractivity contribution is -0.152. The summed E-state index contributed by atoms with van der Waals surface area (Å²) < 4.78 is 20.9. The van der Waals surface area contributed by atoms with Crippen LogP contribution in [-0.4, -0.2) is 52.8 Å². The van der Waals surface area contributed by atoms with Crippen molar-refractivity contribution in [1.82, 2.24) is 0 Å². The molecule has 4 nitrogen and oxygen atoms in total. The van der Waals surface area contributed by atoms with Gasteiger partial charge in [-0.25, -0.2) is 0 Å². The number of fused-ring (bicyclic) bond motifs is 5. The summed E-state index contributed by atoms with van der Waals surface area (Å²) in [6, 6.07) is 0. The molecule has 0 saturated carbocycles. The molecule has 0 amide bonds. The molecule has 1 aliphatic carbocycles. The van der Waals surface area contributed by atoms with Gasteiger partial charge in [0.05, 0.1) is 28.6 Å². The summed E-state index contributed by atoms with van der Waals surface area (Å²) in [5, 5.41) is 12.6. The quantitative estimate of drug-likeness (QED) is 0.241. The Kier molecular flexibility index (Phi) is 7.95. The Hall–Kier alpha value is -0.246. The molecule has 1 N–H and O–H groups in total. The van der Waals surface area contributed by atoms with Crippen LogP contribution in [0.4, 0.5) is 0 Å². The van der Waals surface area contributed by atoms with Crippen LogP contribution in [-0.2, 0) is 13.6 Å². The first-order valence-electron chi connectivity index (χ1n) is 14.2. The van der Waals surface area contributed by atoms with E-state index in [1.54, 1.807) is 0 Å². The average Bonchev–Trinajstić information content (AvgIpc) is 3.23. The highest BCUT2D eigenvalue weighted by molar-refractivity contribution is 6.74. The van der Waals surface area contributed by atoms with Crippen LogP contribution < -0.4 is 0 Å². The van der Waals surface area contributed by atoms with E-state index in [0.717, 1.165) is 19.3 Å². The van der Waals surface area contributed by atoms with Crippen LogP contribution in [0.5, 0.6) is 0 Å². The zero-order valence-corrected chi connectivity index (χ0v) is 27.7. The molecule has 1 saturated heterocycles. The minimum atomic E-state index is -2.08. The minimum Gasteiger partial charge on any atom is -0.416 e. The molecule has 3 aliphatic rings. The van der Waals surface area contributed by atoms with Crippen molar-refractivity contribution in [3.05, 3.63) is 23.8 Å². The molecule has 1 fully saturated rings. The van der Waals surface area contributed by atoms with Gasteiger partial charge in [0, 0.05) is 19.1 Å². The highest BCUT2D eigenvalue weighted by Crippen LogP contribution is 2.70. The lowest BCUT2D eigenvalue weighted by Gasteiger charge is -2.60. The first-order valence-corrected chi connectivity index (χ1v) is 20.1. The Bertz CT molecular complexity index is 880. The van der Waals surface area contributed by atoms with Gasteiger partial charge in [-0.3, -0.25) is 0 Å². The molecule has 208 valence electrons. The molecule has 0 radical (unpaired) electrons. The van der Waals surface area contributed by atoms with E-state index in [0.29, 0.717) is 13.2 Å². The summed E-state index contributed by atoms with van der Waals surface area (Å²) in [5.41, 5.74) is -0.342. The number of hydrogen-bond donors (Lipinski definition) is 1. The first-order chi connectivity index (χ1) is 16.2. The van der Waals surface area contributed by atoms with Crippen molar-refractivity contribution < 1.29 is 18.7 Å². The molecule has 0 aromatic rings. The number of ether oxygens (including phenoxy) is 1. The fourth-order valence-electron chi connectivity index (χ4n) is 6.27. The lowest BCUT2D eigenvalue weighted by Crippen LogP contribution is -2.68. The Morgan fingerprint density at radius 1 is 0.972 bits per heavy atom. The van der Waals surface area contributed by atoms with Crippen molar-refractivity contribution in [3.8, 4) is 0 Å². The van der Waals surface area contributed by atoms with E-state index in [2.05, 4.69) is 107 Å². The summed E-state index contributed by atoms with van der Waals surface area (Å²) in [5.74, 6) is 0.0992. The van der Waals surface area contributed by atoms with E-state index in [9.17, 15) is 5.11 Å². The first kappa shape index (κ1) is 30.3. The molecule has 0 spiro atoms. The van der Waals surface area contributed by atoms with Crippen molar-refractivity contribution in [2.24, 2.45) is 16.7 Å². The molecule has 2 aliphatic heterocycles. The molecule has 0 unspecified atom stereocenters. The standard InChI is InChI=1S/C30H56O4Si2/c1-14-15-16-23-19-22(2)29(20-32-35(10,11)26(3,4)5)24-17-18-28(9,34-24)30(29,25(23)31)21-33-36(12,13)27(6,7)8/h17-19,23-25,31H,14-16,20-21H2,1-13H3/t23-,24-,25-,28+,29-,30+/m1/s1. The molecule has 0 aromatic heterocycles. The van der Waals surface area contributed by atoms with Gasteiger partial charge >= 0.3 is 0 Å². The maximum atomic E-state index is 12.4. The molecule has 6 atom stereocenters. The third-order valence-corrected chi connectivity index (χ3v) is 20.0. The Morgan fingerprint density at radius 2 is 1.50 bits per heavy atom. The van der Waals surface area contributed by atoms with Gasteiger partial charge in [-0.05, 0) is 56.5 Å². The Labute approximate surface area is 224 Å². The second-order valence-electron chi connectivity index (χ2n) is 15.1. The van der Waals surface area contributed by atoms with Gasteiger partial charge in [0.1, 0.15) is 0 Å². The van der Waals surface area contributed by atoms with Crippen molar-refractivity contribution >= 4 is 16.6 Å². The van der Waals surface area contributed by atoms with Gasteiger partial charge in [-0.15, -0.1) is 0 Å². The third-order valence-electron chi connectivity index (χ3n) is 11.0. The van der Waals surface area contributed by atoms with Gasteiger partial charge in [0.15, 0.2) is 16.6 Å². The maximum Gasteiger partial charge on any atom is 0.192 e. The third kappa shape index (κ3) is 4.40. The summed E-state index contributed by atoms with van der Waals surface area (Å²) in [6.07, 6.45) is 9.36. The van der Waals surface area contributed by atoms with E-state index < -0.39 is 39.2 Å². The number of hydrogen-bond acceptors (Lipinski definition) is 4. The van der Waals surface area contributed by atoms with Crippen LogP contribution in [0.2, 0.25) is 36.3 Å². The van der Waals surface area contributed by atoms with Crippen molar-refractivity contribution in [2.75, 3.05) is 13.2 Å². The molecule has 2 heterocycles. The van der Waals surface area contributed by atoms with E-state index in [-0.39, 0.29) is 22.1 Å². The highest BCUT2D eigenvalue weighted by atomic mass is 28.4. The van der Waals surface area contributed by atoms with Crippen LogP contribution in [0.25, 0.3) is 0 Å². The molecule has 36 heavy (non-hydrogen) atoms. The second-order valence-corrected chi connectivity index (χ2v) is 24.8. The second kappa shape index (κ2) is 9.44. The van der Waals surface area contributed by atoms with E-state index in [1.807, 2.05) is 0 Å². The maximum absolute atomic E-state index is 12.4. The van der Waals surface area contributed by atoms with Crippen molar-refractivity contribution in [3.63, 3.8) is 0 Å². The smallest absolute Gasteiger partial charge is 0.192 e. The van der Waals surface area contributed by atoms with Gasteiger partial charge < -0.3 is 18.7 Å². The van der Waals surface area contributed by atoms with E-state index >= 15 is 0 Å². The topological polar surface area (TPSA) is 47.9 Å². The summed E-state index contributed by atoms with van der Waals surface area (Å²) in [7, 11) is -4.12. The number of aliphatic hydroxyl groups excluding tert-OH is 1. The highest BCUT2D eigenvalue weighted by Gasteiger charge is 2.77. The fraction of sp³-hybridized carbons (Fsp3) is 0.867. The van der Waals surface area contributed by atoms with Crippen LogP contribution in [0.15, 0.2) is 23.8 Å². The van der Waals surface area contributed by atoms with Crippen LogP contribution in [0.3, 0.4) is 0 Å². The predicted octanol–water partition coefficient (Wildman–Crippen LogP) is 7.86. The summed E-state index contributed by atoms with van der Waals surface area (Å²) in [4.78, 5) is 0. The van der Waals surface area contributed by atoms with Gasteiger partial charge in [0.2, 0.25) is 0 Å². The normalized spacial score (nSPS) is 36.8. The van der Waals surface area contributed by atoms with Gasteiger partial charge in [-0.1, -0.05) is 85.1 Å². The Balaban J connectivity index is 2.18. The fourth-order valence-corrected chi connectivity index (χ4v) is 8.32. The van der Waals surface area contributed by atoms with Crippen LogP contribution in [0.1, 0.15) is 81.6 Å². The number of aliphatic hydroxyl groups is 1. The monoisotopic (exact) mass is 536 g/mol. The van der Waals surface area contributed by atoms with E-state index in [1.165, 1.54) is 5.57 Å². The summed E-state index contributed by atoms with van der Waals surface area (Å²) >= 11 is 0. The molecule has 0 aromatic carbocycles. The van der Waals surface area contributed by atoms with E-state index in [4.69, 9.17) is 13.6 Å². The number of unbranched alkanes of at least 4 members (excludes halogenated alkanes) is 1. The zero-order valence-electron chi connectivity index (χ0n) is 25.7. The summed E-state index contributed by atoms with van der Waals surface area (Å²) in [6.45, 7) is 30.8. The van der Waals surface area contributed by atoms with Crippen molar-refractivity contribution in [2.45, 2.75) is 136 Å². The molecule has 2 bridgehead atoms. The van der Waals surface area contributed by atoms with Crippen LogP contribution in [0, 0.1) is 16.7 Å². The number of rotatable bonds is 9. The molecular formula is C30H56O4Si2. The molecule has 6 heteroatoms. The molecule has 3 rings (SSSR count). The van der Waals surface area contributed by atoms with Gasteiger partial charge in [-0.2, -0.15) is 0 Å². The molecular weight excluding hydrogens is 480 g/mol. The Morgan fingerprint density at radius 3 is 2.00 bits per heavy atom. The predicted molar refractivity (Wildman–Crippen MR) is 156 cm³/mol.